The molecule has 0 radical (unpaired) electrons. The molecule has 3 heterocycles. The first-order valence-corrected chi connectivity index (χ1v) is 13.1. The van der Waals surface area contributed by atoms with Crippen LogP contribution in [0.15, 0.2) is 85.2 Å². The molecule has 2 aromatic heterocycles. The summed E-state index contributed by atoms with van der Waals surface area (Å²) >= 11 is 0. The normalized spacial score (nSPS) is 13.8. The molecular weight excluding hydrogens is 507 g/mol. The number of pyridine rings is 2. The number of rotatable bonds is 7. The summed E-state index contributed by atoms with van der Waals surface area (Å²) in [5, 5.41) is 11.8. The standard InChI is InChI=1S/C31H29FN6O2/c1-22-5-9-26(20-34-22)36-31(39)38(28-4-2-3-25(32)17-28)27-13-15-37(16-14-27)21-24-8-12-30(35-19-24)40-29-10-6-23(18-33)7-11-29/h2-12,17,19-20,27H,13-16,21H2,1H3,(H,36,39). The van der Waals surface area contributed by atoms with E-state index in [9.17, 15) is 9.18 Å². The molecule has 0 aliphatic carbocycles. The summed E-state index contributed by atoms with van der Waals surface area (Å²) in [6.45, 7) is 4.16. The van der Waals surface area contributed by atoms with E-state index in [-0.39, 0.29) is 17.9 Å². The zero-order valence-corrected chi connectivity index (χ0v) is 22.1. The number of benzene rings is 2. The topological polar surface area (TPSA) is 94.4 Å². The largest absolute Gasteiger partial charge is 0.439 e. The molecule has 1 aliphatic rings. The van der Waals surface area contributed by atoms with Crippen molar-refractivity contribution in [1.82, 2.24) is 14.9 Å². The summed E-state index contributed by atoms with van der Waals surface area (Å²) in [6, 6.07) is 22.2. The van der Waals surface area contributed by atoms with Gasteiger partial charge in [-0.15, -0.1) is 0 Å². The number of urea groups is 1. The first-order valence-electron chi connectivity index (χ1n) is 13.1. The Morgan fingerprint density at radius 1 is 1.07 bits per heavy atom. The van der Waals surface area contributed by atoms with Gasteiger partial charge in [0, 0.05) is 49.3 Å². The van der Waals surface area contributed by atoms with Gasteiger partial charge in [-0.25, -0.2) is 14.2 Å². The number of carbonyl (C=O) groups excluding carboxylic acids is 1. The first-order chi connectivity index (χ1) is 19.5. The molecule has 0 bridgehead atoms. The van der Waals surface area contributed by atoms with Crippen LogP contribution in [0.25, 0.3) is 0 Å². The Balaban J connectivity index is 1.20. The molecule has 202 valence electrons. The minimum absolute atomic E-state index is 0.0854. The third kappa shape index (κ3) is 6.79. The van der Waals surface area contributed by atoms with Gasteiger partial charge in [0.25, 0.3) is 0 Å². The molecule has 2 aromatic carbocycles. The van der Waals surface area contributed by atoms with Gasteiger partial charge >= 0.3 is 6.03 Å². The van der Waals surface area contributed by atoms with E-state index in [1.165, 1.54) is 12.1 Å². The number of aryl methyl sites for hydroxylation is 1. The quantitative estimate of drug-likeness (QED) is 0.298. The van der Waals surface area contributed by atoms with Crippen LogP contribution in [-0.4, -0.2) is 40.0 Å². The van der Waals surface area contributed by atoms with Crippen LogP contribution in [0.1, 0.15) is 29.7 Å². The Hall–Kier alpha value is -4.81. The zero-order chi connectivity index (χ0) is 27.9. The summed E-state index contributed by atoms with van der Waals surface area (Å²) in [7, 11) is 0. The molecule has 1 fully saturated rings. The van der Waals surface area contributed by atoms with Crippen LogP contribution in [0, 0.1) is 24.1 Å². The molecule has 0 unspecified atom stereocenters. The lowest BCUT2D eigenvalue weighted by molar-refractivity contribution is 0.199. The molecule has 1 N–H and O–H groups in total. The van der Waals surface area contributed by atoms with Crippen LogP contribution in [0.5, 0.6) is 11.6 Å². The van der Waals surface area contributed by atoms with Gasteiger partial charge in [-0.05, 0) is 79.9 Å². The van der Waals surface area contributed by atoms with E-state index in [1.54, 1.807) is 59.8 Å². The third-order valence-corrected chi connectivity index (χ3v) is 6.80. The Morgan fingerprint density at radius 2 is 1.88 bits per heavy atom. The van der Waals surface area contributed by atoms with Crippen molar-refractivity contribution in [3.8, 4) is 17.7 Å². The SMILES string of the molecule is Cc1ccc(NC(=O)N(c2cccc(F)c2)C2CCN(Cc3ccc(Oc4ccc(C#N)cc4)nc3)CC2)cn1. The fourth-order valence-electron chi connectivity index (χ4n) is 4.72. The summed E-state index contributed by atoms with van der Waals surface area (Å²) in [5.74, 6) is 0.711. The number of nitriles is 1. The molecule has 8 nitrogen and oxygen atoms in total. The number of hydrogen-bond donors (Lipinski definition) is 1. The summed E-state index contributed by atoms with van der Waals surface area (Å²) in [6.07, 6.45) is 4.90. The fraction of sp³-hybridized carbons (Fsp3) is 0.226. The molecule has 0 saturated carbocycles. The molecule has 4 aromatic rings. The molecule has 9 heteroatoms. The predicted molar refractivity (Wildman–Crippen MR) is 151 cm³/mol. The fourth-order valence-corrected chi connectivity index (χ4v) is 4.72. The van der Waals surface area contributed by atoms with Crippen molar-refractivity contribution in [2.24, 2.45) is 0 Å². The number of amides is 2. The van der Waals surface area contributed by atoms with Crippen molar-refractivity contribution in [3.63, 3.8) is 0 Å². The highest BCUT2D eigenvalue weighted by Gasteiger charge is 2.30. The second-order valence-electron chi connectivity index (χ2n) is 9.72. The van der Waals surface area contributed by atoms with E-state index in [0.717, 1.165) is 43.7 Å². The molecule has 1 saturated heterocycles. The summed E-state index contributed by atoms with van der Waals surface area (Å²) in [5.41, 5.74) is 3.60. The number of nitrogens with one attached hydrogen (secondary N) is 1. The van der Waals surface area contributed by atoms with E-state index in [2.05, 4.69) is 26.3 Å². The molecule has 0 spiro atoms. The maximum absolute atomic E-state index is 14.1. The van der Waals surface area contributed by atoms with Crippen molar-refractivity contribution in [2.75, 3.05) is 23.3 Å². The molecule has 2 amide bonds. The number of piperidine rings is 1. The van der Waals surface area contributed by atoms with Crippen LogP contribution < -0.4 is 15.0 Å². The minimum Gasteiger partial charge on any atom is -0.439 e. The van der Waals surface area contributed by atoms with Crippen LogP contribution >= 0.6 is 0 Å². The summed E-state index contributed by atoms with van der Waals surface area (Å²) in [4.78, 5) is 26.1. The number of carbonyl (C=O) groups is 1. The first kappa shape index (κ1) is 26.8. The lowest BCUT2D eigenvalue weighted by Crippen LogP contribution is -2.49. The van der Waals surface area contributed by atoms with E-state index in [4.69, 9.17) is 10.00 Å². The van der Waals surface area contributed by atoms with Crippen LogP contribution in [0.3, 0.4) is 0 Å². The summed E-state index contributed by atoms with van der Waals surface area (Å²) < 4.78 is 19.9. The minimum atomic E-state index is -0.385. The Bertz CT molecular complexity index is 1480. The van der Waals surface area contributed by atoms with Crippen LogP contribution in [0.2, 0.25) is 0 Å². The highest BCUT2D eigenvalue weighted by Crippen LogP contribution is 2.27. The predicted octanol–water partition coefficient (Wildman–Crippen LogP) is 6.29. The van der Waals surface area contributed by atoms with Crippen molar-refractivity contribution < 1.29 is 13.9 Å². The number of aromatic nitrogens is 2. The van der Waals surface area contributed by atoms with Crippen molar-refractivity contribution in [3.05, 3.63) is 108 Å². The number of nitrogens with zero attached hydrogens (tertiary/aromatic N) is 5. The molecular formula is C31H29FN6O2. The lowest BCUT2D eigenvalue weighted by Gasteiger charge is -2.38. The van der Waals surface area contributed by atoms with E-state index in [0.29, 0.717) is 28.6 Å². The number of anilines is 2. The molecule has 0 atom stereocenters. The average Bonchev–Trinajstić information content (AvgIpc) is 2.97. The zero-order valence-electron chi connectivity index (χ0n) is 22.1. The number of hydrogen-bond acceptors (Lipinski definition) is 6. The van der Waals surface area contributed by atoms with Gasteiger partial charge in [-0.3, -0.25) is 14.8 Å². The van der Waals surface area contributed by atoms with E-state index >= 15 is 0 Å². The van der Waals surface area contributed by atoms with E-state index in [1.807, 2.05) is 25.1 Å². The average molecular weight is 537 g/mol. The Morgan fingerprint density at radius 3 is 2.52 bits per heavy atom. The Kier molecular flexibility index (Phi) is 8.28. The third-order valence-electron chi connectivity index (χ3n) is 6.80. The maximum Gasteiger partial charge on any atom is 0.326 e. The van der Waals surface area contributed by atoms with Gasteiger partial charge in [-0.1, -0.05) is 12.1 Å². The van der Waals surface area contributed by atoms with Crippen molar-refractivity contribution in [1.29, 1.82) is 5.26 Å². The van der Waals surface area contributed by atoms with Gasteiger partial charge in [0.05, 0.1) is 23.5 Å². The number of likely N-dealkylation sites (tertiary alicyclic amines) is 1. The van der Waals surface area contributed by atoms with Gasteiger partial charge in [0.1, 0.15) is 11.6 Å². The monoisotopic (exact) mass is 536 g/mol. The van der Waals surface area contributed by atoms with Crippen LogP contribution in [0.4, 0.5) is 20.6 Å². The van der Waals surface area contributed by atoms with Crippen LogP contribution in [-0.2, 0) is 6.54 Å². The highest BCUT2D eigenvalue weighted by atomic mass is 19.1. The van der Waals surface area contributed by atoms with Crippen molar-refractivity contribution >= 4 is 17.4 Å². The maximum atomic E-state index is 14.1. The number of ether oxygens (including phenoxy) is 1. The Labute approximate surface area is 232 Å². The van der Waals surface area contributed by atoms with Gasteiger partial charge in [0.2, 0.25) is 5.88 Å². The number of halogens is 1. The van der Waals surface area contributed by atoms with E-state index < -0.39 is 0 Å². The smallest absolute Gasteiger partial charge is 0.326 e. The molecule has 1 aliphatic heterocycles. The van der Waals surface area contributed by atoms with Gasteiger partial charge < -0.3 is 10.1 Å². The second kappa shape index (κ2) is 12.4. The van der Waals surface area contributed by atoms with Crippen molar-refractivity contribution in [2.45, 2.75) is 32.4 Å². The molecule has 40 heavy (non-hydrogen) atoms. The van der Waals surface area contributed by atoms with Gasteiger partial charge in [-0.2, -0.15) is 5.26 Å². The highest BCUT2D eigenvalue weighted by molar-refractivity contribution is 6.02. The van der Waals surface area contributed by atoms with Gasteiger partial charge in [0.15, 0.2) is 0 Å². The lowest BCUT2D eigenvalue weighted by atomic mass is 10.0. The second-order valence-corrected chi connectivity index (χ2v) is 9.72. The molecule has 5 rings (SSSR count).